The van der Waals surface area contributed by atoms with Crippen molar-refractivity contribution in [1.29, 1.82) is 0 Å². The van der Waals surface area contributed by atoms with Crippen molar-refractivity contribution in [3.63, 3.8) is 0 Å². The maximum Gasteiger partial charge on any atom is 0.119 e. The first-order valence-corrected chi connectivity index (χ1v) is 10.9. The molecule has 0 fully saturated rings. The third-order valence-corrected chi connectivity index (χ3v) is 5.94. The van der Waals surface area contributed by atoms with Crippen LogP contribution in [0.1, 0.15) is 39.5 Å². The minimum absolute atomic E-state index is 0.654. The van der Waals surface area contributed by atoms with Gasteiger partial charge in [-0.1, -0.05) is 87.7 Å². The Labute approximate surface area is 174 Å². The minimum Gasteiger partial charge on any atom is -0.493 e. The molecule has 148 valence electrons. The van der Waals surface area contributed by atoms with Crippen LogP contribution in [0.3, 0.4) is 0 Å². The zero-order chi connectivity index (χ0) is 20.1. The highest BCUT2D eigenvalue weighted by molar-refractivity contribution is 6.04. The maximum absolute atomic E-state index is 6.09. The van der Waals surface area contributed by atoms with E-state index >= 15 is 0 Å². The smallest absolute Gasteiger partial charge is 0.119 e. The van der Waals surface area contributed by atoms with E-state index in [1.807, 2.05) is 0 Å². The van der Waals surface area contributed by atoms with Crippen molar-refractivity contribution < 1.29 is 4.74 Å². The molecule has 4 aromatic carbocycles. The van der Waals surface area contributed by atoms with Gasteiger partial charge in [0.15, 0.2) is 0 Å². The molecule has 1 atom stereocenters. The quantitative estimate of drug-likeness (QED) is 0.279. The van der Waals surface area contributed by atoms with Gasteiger partial charge in [0.25, 0.3) is 0 Å². The Morgan fingerprint density at radius 2 is 1.48 bits per heavy atom. The molecule has 0 saturated heterocycles. The second-order valence-corrected chi connectivity index (χ2v) is 7.98. The molecule has 1 heteroatoms. The van der Waals surface area contributed by atoms with Gasteiger partial charge < -0.3 is 4.74 Å². The van der Waals surface area contributed by atoms with E-state index in [-0.39, 0.29) is 0 Å². The average Bonchev–Trinajstić information content (AvgIpc) is 2.78. The van der Waals surface area contributed by atoms with Crippen LogP contribution in [0.15, 0.2) is 78.9 Å². The van der Waals surface area contributed by atoms with Crippen LogP contribution >= 0.6 is 0 Å². The van der Waals surface area contributed by atoms with Crippen molar-refractivity contribution in [3.8, 4) is 16.9 Å². The normalized spacial score (nSPS) is 12.3. The number of benzene rings is 4. The van der Waals surface area contributed by atoms with Crippen LogP contribution in [0.2, 0.25) is 0 Å². The van der Waals surface area contributed by atoms with E-state index in [9.17, 15) is 0 Å². The predicted octanol–water partition coefficient (Wildman–Crippen LogP) is 8.26. The van der Waals surface area contributed by atoms with E-state index in [0.717, 1.165) is 12.4 Å². The molecule has 0 heterocycles. The molecule has 0 bridgehead atoms. The van der Waals surface area contributed by atoms with Gasteiger partial charge >= 0.3 is 0 Å². The predicted molar refractivity (Wildman–Crippen MR) is 126 cm³/mol. The Hall–Kier alpha value is -2.80. The molecule has 4 rings (SSSR count). The fourth-order valence-electron chi connectivity index (χ4n) is 4.06. The molecule has 0 aliphatic carbocycles. The second-order valence-electron chi connectivity index (χ2n) is 7.98. The Balaban J connectivity index is 1.57. The highest BCUT2D eigenvalue weighted by Crippen LogP contribution is 2.32. The highest BCUT2D eigenvalue weighted by atomic mass is 16.5. The first-order chi connectivity index (χ1) is 14.3. The zero-order valence-corrected chi connectivity index (χ0v) is 17.5. The van der Waals surface area contributed by atoms with Gasteiger partial charge in [-0.25, -0.2) is 0 Å². The Morgan fingerprint density at radius 1 is 0.759 bits per heavy atom. The summed E-state index contributed by atoms with van der Waals surface area (Å²) in [7, 11) is 0. The first-order valence-electron chi connectivity index (χ1n) is 10.9. The first kappa shape index (κ1) is 19.5. The Bertz CT molecular complexity index is 1080. The van der Waals surface area contributed by atoms with E-state index < -0.39 is 0 Å². The lowest BCUT2D eigenvalue weighted by Crippen LogP contribution is -2.11. The molecule has 0 amide bonds. The molecule has 0 N–H and O–H groups in total. The number of hydrogen-bond donors (Lipinski definition) is 0. The summed E-state index contributed by atoms with van der Waals surface area (Å²) in [6.07, 6.45) is 4.99. The van der Waals surface area contributed by atoms with Crippen LogP contribution in [-0.4, -0.2) is 6.61 Å². The van der Waals surface area contributed by atoms with Crippen molar-refractivity contribution >= 4 is 21.5 Å². The molecule has 0 spiro atoms. The van der Waals surface area contributed by atoms with Gasteiger partial charge in [-0.05, 0) is 69.3 Å². The van der Waals surface area contributed by atoms with Crippen LogP contribution in [0, 0.1) is 5.92 Å². The molecule has 0 aliphatic heterocycles. The van der Waals surface area contributed by atoms with Crippen LogP contribution in [0.4, 0.5) is 0 Å². The third kappa shape index (κ3) is 4.45. The molecular formula is C28H30O. The van der Waals surface area contributed by atoms with Gasteiger partial charge in [-0.2, -0.15) is 0 Å². The fraction of sp³-hybridized carbons (Fsp3) is 0.286. The summed E-state index contributed by atoms with van der Waals surface area (Å²) in [5, 5.41) is 5.15. The number of ether oxygens (including phenoxy) is 1. The van der Waals surface area contributed by atoms with Gasteiger partial charge in [-0.3, -0.25) is 0 Å². The van der Waals surface area contributed by atoms with Crippen LogP contribution < -0.4 is 4.74 Å². The average molecular weight is 383 g/mol. The zero-order valence-electron chi connectivity index (χ0n) is 17.5. The van der Waals surface area contributed by atoms with E-state index in [1.54, 1.807) is 0 Å². The largest absolute Gasteiger partial charge is 0.493 e. The summed E-state index contributed by atoms with van der Waals surface area (Å²) in [5.41, 5.74) is 2.51. The summed E-state index contributed by atoms with van der Waals surface area (Å²) in [4.78, 5) is 0. The fourth-order valence-corrected chi connectivity index (χ4v) is 4.06. The number of rotatable bonds is 8. The summed E-state index contributed by atoms with van der Waals surface area (Å²) < 4.78 is 6.09. The molecule has 0 saturated carbocycles. The SMILES string of the molecule is CCCCC(CC)COc1ccc(-c2cccc3cc4ccccc4cc23)cc1. The molecule has 0 aromatic heterocycles. The van der Waals surface area contributed by atoms with Crippen molar-refractivity contribution in [3.05, 3.63) is 78.9 Å². The van der Waals surface area contributed by atoms with Crippen molar-refractivity contribution in [2.24, 2.45) is 5.92 Å². The molecule has 0 radical (unpaired) electrons. The number of hydrogen-bond acceptors (Lipinski definition) is 1. The van der Waals surface area contributed by atoms with Crippen LogP contribution in [0.25, 0.3) is 32.7 Å². The molecule has 0 aliphatic rings. The summed E-state index contributed by atoms with van der Waals surface area (Å²) in [5.74, 6) is 1.62. The standard InChI is InChI=1S/C28H30O/c1-3-5-9-21(4-2)20-29-26-16-14-22(15-17-26)27-13-8-12-25-18-23-10-6-7-11-24(23)19-28(25)27/h6-8,10-19,21H,3-5,9,20H2,1-2H3. The van der Waals surface area contributed by atoms with E-state index in [2.05, 4.69) is 92.7 Å². The monoisotopic (exact) mass is 382 g/mol. The van der Waals surface area contributed by atoms with E-state index in [0.29, 0.717) is 5.92 Å². The summed E-state index contributed by atoms with van der Waals surface area (Å²) in [6.45, 7) is 5.33. The van der Waals surface area contributed by atoms with E-state index in [1.165, 1.54) is 58.4 Å². The Kier molecular flexibility index (Phi) is 6.14. The van der Waals surface area contributed by atoms with Gasteiger partial charge in [0.05, 0.1) is 6.61 Å². The maximum atomic E-state index is 6.09. The lowest BCUT2D eigenvalue weighted by molar-refractivity contribution is 0.233. The molecule has 29 heavy (non-hydrogen) atoms. The lowest BCUT2D eigenvalue weighted by atomic mass is 9.95. The number of unbranched alkanes of at least 4 members (excludes halogenated alkanes) is 1. The van der Waals surface area contributed by atoms with Crippen molar-refractivity contribution in [1.82, 2.24) is 0 Å². The molecular weight excluding hydrogens is 352 g/mol. The molecule has 1 nitrogen and oxygen atoms in total. The second kappa shape index (κ2) is 9.13. The summed E-state index contributed by atoms with van der Waals surface area (Å²) in [6, 6.07) is 28.3. The minimum atomic E-state index is 0.654. The van der Waals surface area contributed by atoms with Crippen molar-refractivity contribution in [2.45, 2.75) is 39.5 Å². The topological polar surface area (TPSA) is 9.23 Å². The van der Waals surface area contributed by atoms with Gasteiger partial charge in [-0.15, -0.1) is 0 Å². The van der Waals surface area contributed by atoms with Crippen LogP contribution in [0.5, 0.6) is 5.75 Å². The highest BCUT2D eigenvalue weighted by Gasteiger charge is 2.08. The third-order valence-electron chi connectivity index (χ3n) is 5.94. The van der Waals surface area contributed by atoms with Gasteiger partial charge in [0, 0.05) is 0 Å². The lowest BCUT2D eigenvalue weighted by Gasteiger charge is -2.16. The van der Waals surface area contributed by atoms with Crippen molar-refractivity contribution in [2.75, 3.05) is 6.61 Å². The van der Waals surface area contributed by atoms with E-state index in [4.69, 9.17) is 4.74 Å². The number of fused-ring (bicyclic) bond motifs is 2. The van der Waals surface area contributed by atoms with Gasteiger partial charge in [0.2, 0.25) is 0 Å². The van der Waals surface area contributed by atoms with Crippen LogP contribution in [-0.2, 0) is 0 Å². The summed E-state index contributed by atoms with van der Waals surface area (Å²) >= 11 is 0. The molecule has 1 unspecified atom stereocenters. The molecule has 4 aromatic rings. The Morgan fingerprint density at radius 3 is 2.21 bits per heavy atom. The van der Waals surface area contributed by atoms with Gasteiger partial charge in [0.1, 0.15) is 5.75 Å².